The third-order valence-corrected chi connectivity index (χ3v) is 7.47. The summed E-state index contributed by atoms with van der Waals surface area (Å²) in [7, 11) is 1.38. The first-order valence-electron chi connectivity index (χ1n) is 13.3. The van der Waals surface area contributed by atoms with Crippen molar-refractivity contribution in [3.8, 4) is 11.5 Å². The van der Waals surface area contributed by atoms with Crippen LogP contribution >= 0.6 is 0 Å². The number of hydrogen-bond acceptors (Lipinski definition) is 12. The van der Waals surface area contributed by atoms with Gasteiger partial charge in [-0.3, -0.25) is 9.59 Å². The Morgan fingerprint density at radius 2 is 2.02 bits per heavy atom. The number of esters is 1. The maximum Gasteiger partial charge on any atom is 0.306 e. The van der Waals surface area contributed by atoms with Gasteiger partial charge in [0.15, 0.2) is 16.9 Å². The van der Waals surface area contributed by atoms with Crippen LogP contribution in [0.2, 0.25) is 0 Å². The first-order chi connectivity index (χ1) is 19.2. The number of amides is 1. The SMILES string of the molecule is CCOC(=O)CCc1cc2c(C3CNC(=O)C3)coc2c(OC)c1OC1OC(CO)C(O)C(O)C1(O)CCCO. The minimum atomic E-state index is -2.18. The summed E-state index contributed by atoms with van der Waals surface area (Å²) < 4.78 is 28.5. The molecule has 13 heteroatoms. The molecule has 2 aromatic rings. The third kappa shape index (κ3) is 5.76. The van der Waals surface area contributed by atoms with Gasteiger partial charge in [0.25, 0.3) is 0 Å². The number of furan rings is 1. The number of hydrogen-bond donors (Lipinski definition) is 6. The van der Waals surface area contributed by atoms with Gasteiger partial charge >= 0.3 is 5.97 Å². The van der Waals surface area contributed by atoms with Crippen molar-refractivity contribution in [1.29, 1.82) is 0 Å². The zero-order valence-corrected chi connectivity index (χ0v) is 22.5. The second kappa shape index (κ2) is 12.7. The van der Waals surface area contributed by atoms with Crippen molar-refractivity contribution in [3.05, 3.63) is 23.5 Å². The van der Waals surface area contributed by atoms with Gasteiger partial charge in [-0.1, -0.05) is 0 Å². The first-order valence-corrected chi connectivity index (χ1v) is 13.3. The van der Waals surface area contributed by atoms with Gasteiger partial charge in [0.2, 0.25) is 17.9 Å². The Bertz CT molecular complexity index is 1200. The number of methoxy groups -OCH3 is 1. The highest BCUT2D eigenvalue weighted by Crippen LogP contribution is 2.46. The molecule has 6 atom stereocenters. The van der Waals surface area contributed by atoms with Gasteiger partial charge in [-0.2, -0.15) is 0 Å². The normalized spacial score (nSPS) is 28.5. The average molecular weight is 568 g/mol. The molecule has 1 amide bonds. The molecule has 0 bridgehead atoms. The molecule has 2 aliphatic heterocycles. The lowest BCUT2D eigenvalue weighted by atomic mass is 9.83. The Labute approximate surface area is 230 Å². The van der Waals surface area contributed by atoms with E-state index in [2.05, 4.69) is 5.32 Å². The van der Waals surface area contributed by atoms with E-state index in [1.165, 1.54) is 13.4 Å². The molecule has 0 radical (unpaired) electrons. The van der Waals surface area contributed by atoms with Crippen molar-refractivity contribution in [2.75, 3.05) is 33.5 Å². The summed E-state index contributed by atoms with van der Waals surface area (Å²) in [5.41, 5.74) is -0.661. The Balaban J connectivity index is 1.80. The second-order valence-corrected chi connectivity index (χ2v) is 10.0. The summed E-state index contributed by atoms with van der Waals surface area (Å²) >= 11 is 0. The minimum Gasteiger partial charge on any atom is -0.490 e. The number of carbonyl (C=O) groups is 2. The molecule has 1 aromatic carbocycles. The van der Waals surface area contributed by atoms with Gasteiger partial charge in [0.1, 0.15) is 18.3 Å². The fraction of sp³-hybridized carbons (Fsp3) is 0.630. The highest BCUT2D eigenvalue weighted by molar-refractivity contribution is 5.92. The minimum absolute atomic E-state index is 0.0174. The monoisotopic (exact) mass is 567 g/mol. The van der Waals surface area contributed by atoms with E-state index in [1.54, 1.807) is 13.0 Å². The fourth-order valence-electron chi connectivity index (χ4n) is 5.32. The Morgan fingerprint density at radius 3 is 2.65 bits per heavy atom. The predicted molar refractivity (Wildman–Crippen MR) is 138 cm³/mol. The fourth-order valence-corrected chi connectivity index (χ4v) is 5.32. The number of aliphatic hydroxyl groups is 5. The van der Waals surface area contributed by atoms with E-state index in [0.717, 1.165) is 5.56 Å². The molecule has 222 valence electrons. The second-order valence-electron chi connectivity index (χ2n) is 10.0. The topological polar surface area (TPSA) is 197 Å². The van der Waals surface area contributed by atoms with E-state index < -0.39 is 42.8 Å². The van der Waals surface area contributed by atoms with Crippen LogP contribution in [0.15, 0.2) is 16.7 Å². The van der Waals surface area contributed by atoms with Gasteiger partial charge in [-0.05, 0) is 37.8 Å². The van der Waals surface area contributed by atoms with Crippen molar-refractivity contribution in [2.24, 2.45) is 0 Å². The van der Waals surface area contributed by atoms with Crippen molar-refractivity contribution in [1.82, 2.24) is 5.32 Å². The number of rotatable bonds is 12. The zero-order chi connectivity index (χ0) is 29.0. The lowest BCUT2D eigenvalue weighted by Gasteiger charge is -2.47. The number of aryl methyl sites for hydroxylation is 1. The van der Waals surface area contributed by atoms with Crippen LogP contribution in [-0.2, 0) is 25.5 Å². The molecule has 1 aromatic heterocycles. The Morgan fingerprint density at radius 1 is 1.25 bits per heavy atom. The standard InChI is InChI=1S/C27H37NO12/c1-3-37-20(32)6-5-14-9-16-17(15-10-19(31)28-11-15)13-38-23(16)24(36-2)22(14)40-26-27(35,7-4-8-29)25(34)21(33)18(12-30)39-26/h9,13,15,18,21,25-26,29-30,33-35H,3-8,10-12H2,1-2H3,(H,28,31). The van der Waals surface area contributed by atoms with Crippen molar-refractivity contribution in [3.63, 3.8) is 0 Å². The molecule has 40 heavy (non-hydrogen) atoms. The summed E-state index contributed by atoms with van der Waals surface area (Å²) in [6.45, 7) is 1.35. The van der Waals surface area contributed by atoms with E-state index in [4.69, 9.17) is 23.4 Å². The summed E-state index contributed by atoms with van der Waals surface area (Å²) in [6, 6.07) is 1.75. The number of nitrogens with one attached hydrogen (secondary N) is 1. The summed E-state index contributed by atoms with van der Waals surface area (Å²) in [4.78, 5) is 24.1. The molecule has 0 aliphatic carbocycles. The molecule has 0 saturated carbocycles. The largest absolute Gasteiger partial charge is 0.490 e. The van der Waals surface area contributed by atoms with E-state index >= 15 is 0 Å². The van der Waals surface area contributed by atoms with Crippen molar-refractivity contribution >= 4 is 22.8 Å². The number of ether oxygens (including phenoxy) is 4. The summed E-state index contributed by atoms with van der Waals surface area (Å²) in [5, 5.41) is 55.3. The molecule has 6 unspecified atom stereocenters. The lowest BCUT2D eigenvalue weighted by Crippen LogP contribution is -2.68. The van der Waals surface area contributed by atoms with Crippen LogP contribution in [0.3, 0.4) is 0 Å². The van der Waals surface area contributed by atoms with Crippen LogP contribution in [0.4, 0.5) is 0 Å². The van der Waals surface area contributed by atoms with Crippen LogP contribution < -0.4 is 14.8 Å². The first kappa shape index (κ1) is 30.0. The van der Waals surface area contributed by atoms with E-state index in [9.17, 15) is 35.1 Å². The highest BCUT2D eigenvalue weighted by atomic mass is 16.7. The van der Waals surface area contributed by atoms with Crippen molar-refractivity contribution < 1.29 is 58.5 Å². The van der Waals surface area contributed by atoms with Crippen molar-refractivity contribution in [2.45, 2.75) is 75.1 Å². The maximum absolute atomic E-state index is 12.2. The number of fused-ring (bicyclic) bond motifs is 1. The van der Waals surface area contributed by atoms with Crippen LogP contribution in [0, 0.1) is 0 Å². The predicted octanol–water partition coefficient (Wildman–Crippen LogP) is -0.138. The number of aliphatic hydroxyl groups excluding tert-OH is 4. The van der Waals surface area contributed by atoms with E-state index in [0.29, 0.717) is 23.1 Å². The molecule has 6 N–H and O–H groups in total. The number of carbonyl (C=O) groups excluding carboxylic acids is 2. The highest BCUT2D eigenvalue weighted by Gasteiger charge is 2.56. The lowest BCUT2D eigenvalue weighted by molar-refractivity contribution is -0.322. The van der Waals surface area contributed by atoms with Crippen LogP contribution in [0.1, 0.15) is 49.7 Å². The molecule has 3 heterocycles. The summed E-state index contributed by atoms with van der Waals surface area (Å²) in [6.07, 6.45) is -4.54. The average Bonchev–Trinajstić information content (AvgIpc) is 3.56. The number of benzene rings is 1. The Kier molecular flexibility index (Phi) is 9.54. The third-order valence-electron chi connectivity index (χ3n) is 7.47. The van der Waals surface area contributed by atoms with E-state index in [-0.39, 0.29) is 68.6 Å². The quantitative estimate of drug-likeness (QED) is 0.186. The van der Waals surface area contributed by atoms with Gasteiger partial charge < -0.3 is 54.2 Å². The van der Waals surface area contributed by atoms with Gasteiger partial charge in [0, 0.05) is 42.9 Å². The summed E-state index contributed by atoms with van der Waals surface area (Å²) in [5.74, 6) is -0.500. The molecule has 4 rings (SSSR count). The van der Waals surface area contributed by atoms with Gasteiger partial charge in [-0.15, -0.1) is 0 Å². The Hall–Kier alpha value is -2.94. The molecule has 2 aliphatic rings. The van der Waals surface area contributed by atoms with Crippen LogP contribution in [0.25, 0.3) is 11.0 Å². The molecule has 0 spiro atoms. The van der Waals surface area contributed by atoms with Crippen LogP contribution in [0.5, 0.6) is 11.5 Å². The maximum atomic E-state index is 12.2. The molecular formula is C27H37NO12. The van der Waals surface area contributed by atoms with Gasteiger partial charge in [0.05, 0.1) is 26.6 Å². The zero-order valence-electron chi connectivity index (χ0n) is 22.5. The van der Waals surface area contributed by atoms with Crippen LogP contribution in [-0.4, -0.2) is 101 Å². The smallest absolute Gasteiger partial charge is 0.306 e. The van der Waals surface area contributed by atoms with Gasteiger partial charge in [-0.25, -0.2) is 0 Å². The molecule has 2 saturated heterocycles. The molecule has 2 fully saturated rings. The molecular weight excluding hydrogens is 530 g/mol. The van der Waals surface area contributed by atoms with E-state index in [1.807, 2.05) is 0 Å². The molecule has 13 nitrogen and oxygen atoms in total.